The summed E-state index contributed by atoms with van der Waals surface area (Å²) in [5.41, 5.74) is 0. The van der Waals surface area contributed by atoms with Crippen LogP contribution >= 0.6 is 0 Å². The predicted octanol–water partition coefficient (Wildman–Crippen LogP) is 2.31. The van der Waals surface area contributed by atoms with Gasteiger partial charge in [0.25, 0.3) is 0 Å². The summed E-state index contributed by atoms with van der Waals surface area (Å²) >= 11 is 0. The number of alkyl halides is 2. The van der Waals surface area contributed by atoms with Gasteiger partial charge in [-0.1, -0.05) is 13.3 Å². The van der Waals surface area contributed by atoms with Crippen molar-refractivity contribution in [3.63, 3.8) is 0 Å². The second kappa shape index (κ2) is 6.53. The standard InChI is InChI=1S/C8H15F2O/c1-3-4-5-11-6-8(10)7(2)9/h7-8H,1,3-6H2,2H3. The van der Waals surface area contributed by atoms with Crippen LogP contribution in [0.4, 0.5) is 8.78 Å². The lowest BCUT2D eigenvalue weighted by Gasteiger charge is -2.08. The molecule has 0 aromatic rings. The summed E-state index contributed by atoms with van der Waals surface area (Å²) in [4.78, 5) is 0. The molecule has 1 radical (unpaired) electrons. The number of halogens is 2. The third-order valence-electron chi connectivity index (χ3n) is 1.31. The minimum Gasteiger partial charge on any atom is -0.378 e. The molecule has 2 unspecified atom stereocenters. The van der Waals surface area contributed by atoms with Crippen molar-refractivity contribution >= 4 is 0 Å². The lowest BCUT2D eigenvalue weighted by Crippen LogP contribution is -2.20. The molecule has 0 saturated carbocycles. The molecule has 0 fully saturated rings. The average Bonchev–Trinajstić information content (AvgIpc) is 1.97. The van der Waals surface area contributed by atoms with Crippen molar-refractivity contribution in [2.24, 2.45) is 0 Å². The van der Waals surface area contributed by atoms with Gasteiger partial charge in [-0.3, -0.25) is 0 Å². The fourth-order valence-corrected chi connectivity index (χ4v) is 0.533. The molecule has 67 valence electrons. The van der Waals surface area contributed by atoms with Gasteiger partial charge < -0.3 is 4.74 Å². The minimum absolute atomic E-state index is 0.141. The summed E-state index contributed by atoms with van der Waals surface area (Å²) in [6.45, 7) is 5.11. The maximum absolute atomic E-state index is 12.4. The smallest absolute Gasteiger partial charge is 0.154 e. The van der Waals surface area contributed by atoms with Gasteiger partial charge in [-0.15, -0.1) is 0 Å². The van der Waals surface area contributed by atoms with Gasteiger partial charge in [0, 0.05) is 6.61 Å². The van der Waals surface area contributed by atoms with Crippen LogP contribution in [0.3, 0.4) is 0 Å². The number of hydrogen-bond acceptors (Lipinski definition) is 1. The predicted molar refractivity (Wildman–Crippen MR) is 40.9 cm³/mol. The van der Waals surface area contributed by atoms with E-state index in [1.165, 1.54) is 6.92 Å². The van der Waals surface area contributed by atoms with E-state index in [1.807, 2.05) is 0 Å². The first-order chi connectivity index (χ1) is 5.18. The zero-order valence-corrected chi connectivity index (χ0v) is 6.85. The molecule has 0 aliphatic carbocycles. The van der Waals surface area contributed by atoms with E-state index in [-0.39, 0.29) is 6.61 Å². The third kappa shape index (κ3) is 6.23. The van der Waals surface area contributed by atoms with E-state index >= 15 is 0 Å². The first kappa shape index (κ1) is 10.8. The van der Waals surface area contributed by atoms with Crippen molar-refractivity contribution in [2.75, 3.05) is 13.2 Å². The zero-order valence-electron chi connectivity index (χ0n) is 6.85. The summed E-state index contributed by atoms with van der Waals surface area (Å²) in [6.07, 6.45) is -1.36. The number of ether oxygens (including phenoxy) is 1. The molecule has 0 N–H and O–H groups in total. The quantitative estimate of drug-likeness (QED) is 0.549. The van der Waals surface area contributed by atoms with Crippen LogP contribution in [0.2, 0.25) is 0 Å². The van der Waals surface area contributed by atoms with E-state index in [0.29, 0.717) is 6.61 Å². The maximum Gasteiger partial charge on any atom is 0.154 e. The van der Waals surface area contributed by atoms with Crippen LogP contribution in [0.25, 0.3) is 0 Å². The summed E-state index contributed by atoms with van der Waals surface area (Å²) < 4.78 is 29.4. The van der Waals surface area contributed by atoms with E-state index in [1.54, 1.807) is 0 Å². The first-order valence-corrected chi connectivity index (χ1v) is 3.83. The Labute approximate surface area is 66.7 Å². The van der Waals surface area contributed by atoms with E-state index < -0.39 is 12.3 Å². The zero-order chi connectivity index (χ0) is 8.69. The highest BCUT2D eigenvalue weighted by molar-refractivity contribution is 4.61. The number of unbranched alkanes of at least 4 members (excludes halogenated alkanes) is 1. The largest absolute Gasteiger partial charge is 0.378 e. The van der Waals surface area contributed by atoms with E-state index in [2.05, 4.69) is 6.92 Å². The fourth-order valence-electron chi connectivity index (χ4n) is 0.533. The Balaban J connectivity index is 3.10. The minimum atomic E-state index is -1.49. The summed E-state index contributed by atoms with van der Waals surface area (Å²) in [7, 11) is 0. The third-order valence-corrected chi connectivity index (χ3v) is 1.31. The second-order valence-electron chi connectivity index (χ2n) is 2.48. The van der Waals surface area contributed by atoms with E-state index in [9.17, 15) is 8.78 Å². The second-order valence-corrected chi connectivity index (χ2v) is 2.48. The van der Waals surface area contributed by atoms with Crippen molar-refractivity contribution in [3.8, 4) is 0 Å². The molecular formula is C8H15F2O. The summed E-state index contributed by atoms with van der Waals surface area (Å²) in [5.74, 6) is 0. The maximum atomic E-state index is 12.4. The Bertz CT molecular complexity index is 86.2. The normalized spacial score (nSPS) is 16.4. The lowest BCUT2D eigenvalue weighted by atomic mass is 10.3. The Morgan fingerprint density at radius 1 is 1.45 bits per heavy atom. The highest BCUT2D eigenvalue weighted by Gasteiger charge is 2.14. The molecular weight excluding hydrogens is 150 g/mol. The highest BCUT2D eigenvalue weighted by Crippen LogP contribution is 2.03. The van der Waals surface area contributed by atoms with Gasteiger partial charge >= 0.3 is 0 Å². The summed E-state index contributed by atoms with van der Waals surface area (Å²) in [6, 6.07) is 0. The molecule has 0 aromatic carbocycles. The molecule has 0 aliphatic heterocycles. The lowest BCUT2D eigenvalue weighted by molar-refractivity contribution is 0.0460. The van der Waals surface area contributed by atoms with Gasteiger partial charge in [0.1, 0.15) is 6.17 Å². The highest BCUT2D eigenvalue weighted by atomic mass is 19.2. The summed E-state index contributed by atoms with van der Waals surface area (Å²) in [5, 5.41) is 0. The van der Waals surface area contributed by atoms with E-state index in [4.69, 9.17) is 4.74 Å². The Hall–Kier alpha value is -0.180. The van der Waals surface area contributed by atoms with Gasteiger partial charge in [0.15, 0.2) is 6.17 Å². The van der Waals surface area contributed by atoms with Gasteiger partial charge in [0.05, 0.1) is 6.61 Å². The Morgan fingerprint density at radius 2 is 2.09 bits per heavy atom. The average molecular weight is 165 g/mol. The van der Waals surface area contributed by atoms with Crippen molar-refractivity contribution in [2.45, 2.75) is 32.1 Å². The number of hydrogen-bond donors (Lipinski definition) is 0. The topological polar surface area (TPSA) is 9.23 Å². The van der Waals surface area contributed by atoms with Gasteiger partial charge in [-0.05, 0) is 13.3 Å². The molecule has 1 nitrogen and oxygen atoms in total. The molecule has 0 aliphatic rings. The first-order valence-electron chi connectivity index (χ1n) is 3.83. The number of rotatable bonds is 6. The monoisotopic (exact) mass is 165 g/mol. The van der Waals surface area contributed by atoms with Gasteiger partial charge in [0.2, 0.25) is 0 Å². The van der Waals surface area contributed by atoms with Crippen molar-refractivity contribution in [3.05, 3.63) is 6.92 Å². The van der Waals surface area contributed by atoms with Gasteiger partial charge in [-0.25, -0.2) is 8.78 Å². The Morgan fingerprint density at radius 3 is 2.55 bits per heavy atom. The molecule has 3 heteroatoms. The Kier molecular flexibility index (Phi) is 6.42. The van der Waals surface area contributed by atoms with Crippen LogP contribution in [0.1, 0.15) is 19.8 Å². The molecule has 0 amide bonds. The van der Waals surface area contributed by atoms with Crippen molar-refractivity contribution in [1.29, 1.82) is 0 Å². The molecule has 0 aromatic heterocycles. The molecule has 0 heterocycles. The molecule has 2 atom stereocenters. The SMILES string of the molecule is [CH2]CCCOCC(F)C(C)F. The van der Waals surface area contributed by atoms with Crippen LogP contribution in [0.5, 0.6) is 0 Å². The van der Waals surface area contributed by atoms with Gasteiger partial charge in [-0.2, -0.15) is 0 Å². The molecule has 0 saturated heterocycles. The van der Waals surface area contributed by atoms with Crippen LogP contribution in [-0.4, -0.2) is 25.6 Å². The van der Waals surface area contributed by atoms with Crippen LogP contribution in [0.15, 0.2) is 0 Å². The van der Waals surface area contributed by atoms with Crippen LogP contribution < -0.4 is 0 Å². The van der Waals surface area contributed by atoms with Crippen molar-refractivity contribution < 1.29 is 13.5 Å². The van der Waals surface area contributed by atoms with Crippen molar-refractivity contribution in [1.82, 2.24) is 0 Å². The molecule has 0 bridgehead atoms. The molecule has 0 rings (SSSR count). The fraction of sp³-hybridized carbons (Fsp3) is 0.875. The van der Waals surface area contributed by atoms with Crippen LogP contribution in [0, 0.1) is 6.92 Å². The molecule has 0 spiro atoms. The van der Waals surface area contributed by atoms with E-state index in [0.717, 1.165) is 12.8 Å². The molecule has 11 heavy (non-hydrogen) atoms. The van der Waals surface area contributed by atoms with Crippen LogP contribution in [-0.2, 0) is 4.74 Å².